The number of carbonyl (C=O) groups is 4. The third-order valence-electron chi connectivity index (χ3n) is 8.44. The van der Waals surface area contributed by atoms with Crippen LogP contribution in [0.1, 0.15) is 33.6 Å². The van der Waals surface area contributed by atoms with Crippen molar-refractivity contribution >= 4 is 29.5 Å². The van der Waals surface area contributed by atoms with Gasteiger partial charge in [0.15, 0.2) is 6.04 Å². The average molecular weight is 585 g/mol. The molecule has 0 bridgehead atoms. The van der Waals surface area contributed by atoms with Gasteiger partial charge in [-0.3, -0.25) is 29.5 Å². The monoisotopic (exact) mass is 584 g/mol. The number of piperidine rings is 1. The summed E-state index contributed by atoms with van der Waals surface area (Å²) in [6, 6.07) is 23.7. The van der Waals surface area contributed by atoms with Crippen LogP contribution in [0.15, 0.2) is 78.9 Å². The molecule has 2 aliphatic rings. The summed E-state index contributed by atoms with van der Waals surface area (Å²) in [4.78, 5) is 54.4. The van der Waals surface area contributed by atoms with Crippen molar-refractivity contribution < 1.29 is 28.4 Å². The molecule has 5 rings (SSSR count). The maximum atomic E-state index is 12.8. The average Bonchev–Trinajstić information content (AvgIpc) is 3.25. The Hall–Kier alpha value is -4.54. The first-order valence-corrected chi connectivity index (χ1v) is 14.6. The van der Waals surface area contributed by atoms with Gasteiger partial charge in [0.05, 0.1) is 50.5 Å². The molecule has 10 nitrogen and oxygen atoms in total. The number of fused-ring (bicyclic) bond motifs is 1. The number of imide groups is 1. The summed E-state index contributed by atoms with van der Waals surface area (Å²) in [5.41, 5.74) is 9.27. The highest BCUT2D eigenvalue weighted by atomic mass is 16.6. The molecule has 0 spiro atoms. The predicted octanol–water partition coefficient (Wildman–Crippen LogP) is 3.59. The number of benzene rings is 3. The van der Waals surface area contributed by atoms with Crippen LogP contribution >= 0.6 is 0 Å². The van der Waals surface area contributed by atoms with Crippen LogP contribution in [-0.2, 0) is 9.53 Å². The van der Waals surface area contributed by atoms with Crippen molar-refractivity contribution in [2.75, 3.05) is 52.1 Å². The number of hydrogen-bond donors (Lipinski definition) is 2. The summed E-state index contributed by atoms with van der Waals surface area (Å²) < 4.78 is 5.98. The fraction of sp³-hybridized carbons (Fsp3) is 0.333. The highest BCUT2D eigenvalue weighted by Gasteiger charge is 2.40. The van der Waals surface area contributed by atoms with Crippen LogP contribution in [0.2, 0.25) is 0 Å². The Morgan fingerprint density at radius 1 is 0.884 bits per heavy atom. The normalized spacial score (nSPS) is 16.6. The molecule has 1 fully saturated rings. The Balaban J connectivity index is 1.12. The van der Waals surface area contributed by atoms with E-state index < -0.39 is 18.0 Å². The molecule has 3 aromatic rings. The Labute approximate surface area is 251 Å². The number of nitrogens with zero attached hydrogens (tertiary/aromatic N) is 3. The lowest BCUT2D eigenvalue weighted by Crippen LogP contribution is -2.62. The van der Waals surface area contributed by atoms with E-state index in [2.05, 4.69) is 10.2 Å². The first kappa shape index (κ1) is 29.9. The summed E-state index contributed by atoms with van der Waals surface area (Å²) >= 11 is 0. The third-order valence-corrected chi connectivity index (χ3v) is 8.44. The van der Waals surface area contributed by atoms with Crippen LogP contribution in [0.5, 0.6) is 0 Å². The van der Waals surface area contributed by atoms with Gasteiger partial charge >= 0.3 is 6.09 Å². The minimum Gasteiger partial charge on any atom is -0.446 e. The quantitative estimate of drug-likeness (QED) is 0.278. The minimum atomic E-state index is -0.551. The van der Waals surface area contributed by atoms with Crippen LogP contribution in [0.3, 0.4) is 0 Å². The molecule has 2 aliphatic heterocycles. The van der Waals surface area contributed by atoms with E-state index in [1.54, 1.807) is 24.3 Å². The number of rotatable bonds is 10. The number of nitrogens with two attached hydrogens (primary N) is 1. The van der Waals surface area contributed by atoms with Crippen LogP contribution < -0.4 is 11.1 Å². The van der Waals surface area contributed by atoms with E-state index in [-0.39, 0.29) is 28.9 Å². The molecule has 0 saturated carbocycles. The SMILES string of the molecule is C[N+](C)(CCN1C(=O)c2ccccc2C1=O)C(CN1CCC(OC(=O)Nc2ccccc2-c2ccccc2)CC1)C(N)=O. The maximum absolute atomic E-state index is 12.8. The van der Waals surface area contributed by atoms with Gasteiger partial charge in [-0.2, -0.15) is 0 Å². The van der Waals surface area contributed by atoms with Crippen LogP contribution in [0, 0.1) is 0 Å². The molecule has 0 radical (unpaired) electrons. The number of primary amides is 1. The van der Waals surface area contributed by atoms with Crippen LogP contribution in [0.4, 0.5) is 10.5 Å². The number of likely N-dealkylation sites (N-methyl/N-ethyl adjacent to an activating group) is 1. The number of likely N-dealkylation sites (tertiary alicyclic amines) is 1. The predicted molar refractivity (Wildman–Crippen MR) is 163 cm³/mol. The number of para-hydroxylation sites is 1. The van der Waals surface area contributed by atoms with Gasteiger partial charge in [0.2, 0.25) is 0 Å². The first-order valence-electron chi connectivity index (χ1n) is 14.6. The lowest BCUT2D eigenvalue weighted by atomic mass is 10.0. The second-order valence-electron chi connectivity index (χ2n) is 11.7. The second-order valence-corrected chi connectivity index (χ2v) is 11.7. The largest absolute Gasteiger partial charge is 0.446 e. The van der Waals surface area contributed by atoms with Gasteiger partial charge in [0.1, 0.15) is 6.10 Å². The Morgan fingerprint density at radius 2 is 1.44 bits per heavy atom. The molecule has 4 amide bonds. The first-order chi connectivity index (χ1) is 20.6. The van der Waals surface area contributed by atoms with Gasteiger partial charge in [-0.25, -0.2) is 4.79 Å². The van der Waals surface area contributed by atoms with E-state index in [9.17, 15) is 19.2 Å². The molecule has 224 valence electrons. The van der Waals surface area contributed by atoms with Crippen LogP contribution in [0.25, 0.3) is 11.1 Å². The van der Waals surface area contributed by atoms with E-state index >= 15 is 0 Å². The Morgan fingerprint density at radius 3 is 2.05 bits per heavy atom. The van der Waals surface area contributed by atoms with E-state index in [0.717, 1.165) is 11.1 Å². The number of amides is 4. The second kappa shape index (κ2) is 12.8. The van der Waals surface area contributed by atoms with E-state index in [1.807, 2.05) is 68.7 Å². The lowest BCUT2D eigenvalue weighted by molar-refractivity contribution is -0.904. The fourth-order valence-corrected chi connectivity index (χ4v) is 5.82. The number of quaternary nitrogens is 1. The standard InChI is InChI=1S/C33H37N5O5/c1-38(2,21-20-37-31(40)26-13-6-7-14-27(26)32(37)41)29(30(34)39)22-36-18-16-24(17-19-36)43-33(42)35-28-15-9-8-12-25(28)23-10-4-3-5-11-23/h3-15,24,29H,16-22H2,1-2H3,(H2-,34,35,39,42)/p+1. The van der Waals surface area contributed by atoms with Crippen molar-refractivity contribution in [3.8, 4) is 11.1 Å². The molecule has 1 atom stereocenters. The number of nitrogens with one attached hydrogen (secondary N) is 1. The molecule has 10 heteroatoms. The molecule has 0 aliphatic carbocycles. The Bertz CT molecular complexity index is 1470. The highest BCUT2D eigenvalue weighted by molar-refractivity contribution is 6.21. The van der Waals surface area contributed by atoms with Gasteiger partial charge in [-0.15, -0.1) is 0 Å². The van der Waals surface area contributed by atoms with E-state index in [1.165, 1.54) is 4.90 Å². The van der Waals surface area contributed by atoms with Gasteiger partial charge < -0.3 is 15.0 Å². The zero-order valence-electron chi connectivity index (χ0n) is 24.6. The van der Waals surface area contributed by atoms with Crippen molar-refractivity contribution in [1.29, 1.82) is 0 Å². The van der Waals surface area contributed by atoms with Gasteiger partial charge in [0, 0.05) is 18.7 Å². The number of anilines is 1. The number of hydrogen-bond acceptors (Lipinski definition) is 6. The zero-order valence-corrected chi connectivity index (χ0v) is 24.6. The van der Waals surface area contributed by atoms with Crippen molar-refractivity contribution in [3.63, 3.8) is 0 Å². The minimum absolute atomic E-state index is 0.182. The summed E-state index contributed by atoms with van der Waals surface area (Å²) in [5.74, 6) is -1.07. The molecule has 0 aromatic heterocycles. The topological polar surface area (TPSA) is 122 Å². The molecule has 43 heavy (non-hydrogen) atoms. The molecule has 3 N–H and O–H groups in total. The molecule has 3 aromatic carbocycles. The molecular formula is C33H38N5O5+. The number of carbonyl (C=O) groups excluding carboxylic acids is 4. The van der Waals surface area contributed by atoms with E-state index in [4.69, 9.17) is 10.5 Å². The van der Waals surface area contributed by atoms with Crippen molar-refractivity contribution in [2.24, 2.45) is 5.73 Å². The van der Waals surface area contributed by atoms with Gasteiger partial charge in [-0.1, -0.05) is 60.7 Å². The maximum Gasteiger partial charge on any atom is 0.411 e. The summed E-state index contributed by atoms with van der Waals surface area (Å²) in [6.45, 7) is 2.26. The molecule has 1 saturated heterocycles. The van der Waals surface area contributed by atoms with Crippen LogP contribution in [-0.4, -0.2) is 97.1 Å². The summed E-state index contributed by atoms with van der Waals surface area (Å²) in [7, 11) is 3.78. The summed E-state index contributed by atoms with van der Waals surface area (Å²) in [6.07, 6.45) is 0.509. The number of ether oxygens (including phenoxy) is 1. The molecular weight excluding hydrogens is 546 g/mol. The lowest BCUT2D eigenvalue weighted by Gasteiger charge is -2.40. The van der Waals surface area contributed by atoms with Crippen molar-refractivity contribution in [1.82, 2.24) is 9.80 Å². The smallest absolute Gasteiger partial charge is 0.411 e. The third kappa shape index (κ3) is 6.76. The molecule has 2 heterocycles. The van der Waals surface area contributed by atoms with Crippen molar-refractivity contribution in [2.45, 2.75) is 25.0 Å². The van der Waals surface area contributed by atoms with Gasteiger partial charge in [0.25, 0.3) is 17.7 Å². The Kier molecular flexibility index (Phi) is 8.89. The van der Waals surface area contributed by atoms with E-state index in [0.29, 0.717) is 55.8 Å². The molecule has 1 unspecified atom stereocenters. The fourth-order valence-electron chi connectivity index (χ4n) is 5.82. The highest BCUT2D eigenvalue weighted by Crippen LogP contribution is 2.28. The van der Waals surface area contributed by atoms with Crippen molar-refractivity contribution in [3.05, 3.63) is 90.0 Å². The zero-order chi connectivity index (χ0) is 30.6. The van der Waals surface area contributed by atoms with Gasteiger partial charge in [-0.05, 0) is 36.6 Å². The summed E-state index contributed by atoms with van der Waals surface area (Å²) in [5, 5.41) is 2.89.